The molecule has 0 aromatic heterocycles. The number of hydrogen-bond acceptors (Lipinski definition) is 5. The van der Waals surface area contributed by atoms with Gasteiger partial charge in [-0.2, -0.15) is 0 Å². The first kappa shape index (κ1) is 19.9. The summed E-state index contributed by atoms with van der Waals surface area (Å²) in [6.07, 6.45) is 1.69. The van der Waals surface area contributed by atoms with Crippen molar-refractivity contribution >= 4 is 11.4 Å². The highest BCUT2D eigenvalue weighted by Crippen LogP contribution is 2.27. The van der Waals surface area contributed by atoms with Crippen LogP contribution in [0.3, 0.4) is 0 Å². The van der Waals surface area contributed by atoms with Crippen LogP contribution in [0.5, 0.6) is 17.2 Å². The van der Waals surface area contributed by atoms with Crippen molar-refractivity contribution in [3.05, 3.63) is 101 Å². The Kier molecular flexibility index (Phi) is 6.47. The number of anilines is 1. The predicted octanol–water partition coefficient (Wildman–Crippen LogP) is 5.87. The lowest BCUT2D eigenvalue weighted by molar-refractivity contribution is -0.385. The molecule has 1 N–H and O–H groups in total. The Morgan fingerprint density at radius 2 is 1.76 bits per heavy atom. The molecule has 0 fully saturated rings. The molecule has 0 aliphatic rings. The van der Waals surface area contributed by atoms with Crippen LogP contribution in [0, 0.1) is 17.0 Å². The van der Waals surface area contributed by atoms with Crippen molar-refractivity contribution < 1.29 is 14.4 Å². The first-order chi connectivity index (χ1) is 14.1. The average Bonchev–Trinajstić information content (AvgIpc) is 2.72. The van der Waals surface area contributed by atoms with E-state index in [9.17, 15) is 10.1 Å². The predicted molar refractivity (Wildman–Crippen MR) is 114 cm³/mol. The van der Waals surface area contributed by atoms with Crippen LogP contribution in [0.25, 0.3) is 0 Å². The second kappa shape index (κ2) is 9.41. The molecule has 148 valence electrons. The van der Waals surface area contributed by atoms with Gasteiger partial charge >= 0.3 is 0 Å². The van der Waals surface area contributed by atoms with E-state index in [0.717, 1.165) is 17.0 Å². The minimum absolute atomic E-state index is 0.109. The molecular formula is C23H22N2O4. The zero-order valence-corrected chi connectivity index (χ0v) is 16.1. The molecule has 3 aromatic carbocycles. The van der Waals surface area contributed by atoms with Gasteiger partial charge in [-0.1, -0.05) is 36.9 Å². The van der Waals surface area contributed by atoms with Crippen LogP contribution in [0.15, 0.2) is 79.4 Å². The summed E-state index contributed by atoms with van der Waals surface area (Å²) in [5.74, 6) is 2.11. The van der Waals surface area contributed by atoms with Crippen LogP contribution >= 0.6 is 0 Å². The minimum atomic E-state index is -0.371. The summed E-state index contributed by atoms with van der Waals surface area (Å²) in [6, 6.07) is 20.1. The number of ether oxygens (including phenoxy) is 2. The van der Waals surface area contributed by atoms with Crippen molar-refractivity contribution in [2.45, 2.75) is 13.5 Å². The number of rotatable bonds is 9. The monoisotopic (exact) mass is 390 g/mol. The molecule has 0 saturated heterocycles. The van der Waals surface area contributed by atoms with E-state index in [-0.39, 0.29) is 10.6 Å². The van der Waals surface area contributed by atoms with Crippen LogP contribution in [0.1, 0.15) is 11.1 Å². The molecule has 0 atom stereocenters. The van der Waals surface area contributed by atoms with Crippen molar-refractivity contribution in [2.24, 2.45) is 0 Å². The maximum absolute atomic E-state index is 11.1. The van der Waals surface area contributed by atoms with E-state index in [1.165, 1.54) is 6.07 Å². The van der Waals surface area contributed by atoms with Crippen molar-refractivity contribution in [2.75, 3.05) is 11.9 Å². The van der Waals surface area contributed by atoms with E-state index in [4.69, 9.17) is 9.47 Å². The average molecular weight is 390 g/mol. The smallest absolute Gasteiger partial charge is 0.274 e. The fraction of sp³-hybridized carbons (Fsp3) is 0.130. The Balaban J connectivity index is 1.62. The number of nitro groups is 1. The third-order valence-electron chi connectivity index (χ3n) is 4.32. The quantitative estimate of drug-likeness (QED) is 0.281. The molecular weight excluding hydrogens is 368 g/mol. The molecule has 0 radical (unpaired) electrons. The molecule has 3 aromatic rings. The highest BCUT2D eigenvalue weighted by molar-refractivity contribution is 5.59. The van der Waals surface area contributed by atoms with E-state index < -0.39 is 0 Å². The van der Waals surface area contributed by atoms with Gasteiger partial charge in [-0.05, 0) is 42.8 Å². The van der Waals surface area contributed by atoms with Gasteiger partial charge in [0.25, 0.3) is 5.69 Å². The molecule has 0 heterocycles. The Hall–Kier alpha value is -3.80. The Bertz CT molecular complexity index is 1000. The summed E-state index contributed by atoms with van der Waals surface area (Å²) < 4.78 is 11.4. The highest BCUT2D eigenvalue weighted by Gasteiger charge is 2.12. The van der Waals surface area contributed by atoms with Crippen LogP contribution in [0.2, 0.25) is 0 Å². The maximum atomic E-state index is 11.1. The number of benzene rings is 3. The van der Waals surface area contributed by atoms with Gasteiger partial charge in [0.2, 0.25) is 0 Å². The molecule has 29 heavy (non-hydrogen) atoms. The Labute approximate surface area is 169 Å². The van der Waals surface area contributed by atoms with E-state index in [1.54, 1.807) is 19.1 Å². The van der Waals surface area contributed by atoms with Gasteiger partial charge in [0.1, 0.15) is 23.9 Å². The summed E-state index contributed by atoms with van der Waals surface area (Å²) in [7, 11) is 0. The third kappa shape index (κ3) is 5.35. The number of hydrogen-bond donors (Lipinski definition) is 1. The fourth-order valence-electron chi connectivity index (χ4n) is 2.80. The topological polar surface area (TPSA) is 73.6 Å². The van der Waals surface area contributed by atoms with E-state index in [1.807, 2.05) is 54.6 Å². The van der Waals surface area contributed by atoms with Gasteiger partial charge in [-0.25, -0.2) is 0 Å². The molecule has 0 amide bonds. The number of nitro benzene ring substituents is 1. The van der Waals surface area contributed by atoms with Crippen molar-refractivity contribution in [3.8, 4) is 17.2 Å². The molecule has 3 rings (SSSR count). The summed E-state index contributed by atoms with van der Waals surface area (Å²) in [5.41, 5.74) is 2.51. The van der Waals surface area contributed by atoms with Gasteiger partial charge < -0.3 is 14.8 Å². The summed E-state index contributed by atoms with van der Waals surface area (Å²) in [5, 5.41) is 14.3. The summed E-state index contributed by atoms with van der Waals surface area (Å²) in [4.78, 5) is 10.7. The van der Waals surface area contributed by atoms with E-state index in [2.05, 4.69) is 11.9 Å². The first-order valence-corrected chi connectivity index (χ1v) is 9.15. The molecule has 0 aliphatic heterocycles. The Morgan fingerprint density at radius 1 is 1.03 bits per heavy atom. The Morgan fingerprint density at radius 3 is 2.48 bits per heavy atom. The van der Waals surface area contributed by atoms with Gasteiger partial charge in [-0.15, -0.1) is 0 Å². The lowest BCUT2D eigenvalue weighted by atomic mass is 10.1. The molecule has 0 bridgehead atoms. The second-order valence-electron chi connectivity index (χ2n) is 6.38. The van der Waals surface area contributed by atoms with Gasteiger partial charge in [0.05, 0.1) is 4.92 Å². The fourth-order valence-corrected chi connectivity index (χ4v) is 2.80. The molecule has 0 aliphatic carbocycles. The summed E-state index contributed by atoms with van der Waals surface area (Å²) >= 11 is 0. The zero-order chi connectivity index (χ0) is 20.6. The van der Waals surface area contributed by atoms with Crippen LogP contribution < -0.4 is 14.8 Å². The molecule has 0 spiro atoms. The normalized spacial score (nSPS) is 10.2. The lowest BCUT2D eigenvalue weighted by Crippen LogP contribution is -2.02. The van der Waals surface area contributed by atoms with Crippen LogP contribution in [0.4, 0.5) is 11.4 Å². The lowest BCUT2D eigenvalue weighted by Gasteiger charge is -2.11. The maximum Gasteiger partial charge on any atom is 0.274 e. The van der Waals surface area contributed by atoms with E-state index >= 15 is 0 Å². The van der Waals surface area contributed by atoms with Gasteiger partial charge in [-0.3, -0.25) is 10.1 Å². The SMILES string of the molecule is C=CCOc1cccc(Oc2ccc(CNc3cccc([N+](=O)[O-])c3C)cc2)c1. The zero-order valence-electron chi connectivity index (χ0n) is 16.1. The first-order valence-electron chi connectivity index (χ1n) is 9.15. The molecule has 0 saturated carbocycles. The van der Waals surface area contributed by atoms with Crippen LogP contribution in [-0.2, 0) is 6.54 Å². The highest BCUT2D eigenvalue weighted by atomic mass is 16.6. The molecule has 6 heteroatoms. The largest absolute Gasteiger partial charge is 0.489 e. The summed E-state index contributed by atoms with van der Waals surface area (Å²) in [6.45, 7) is 6.36. The molecule has 0 unspecified atom stereocenters. The van der Waals surface area contributed by atoms with Crippen molar-refractivity contribution in [1.29, 1.82) is 0 Å². The minimum Gasteiger partial charge on any atom is -0.489 e. The van der Waals surface area contributed by atoms with E-state index in [0.29, 0.717) is 30.2 Å². The van der Waals surface area contributed by atoms with Crippen molar-refractivity contribution in [3.63, 3.8) is 0 Å². The standard InChI is InChI=1S/C23H22N2O4/c1-3-14-28-20-6-4-7-21(15-20)29-19-12-10-18(11-13-19)16-24-22-8-5-9-23(17(22)2)25(26)27/h3-13,15,24H,1,14,16H2,2H3. The third-order valence-corrected chi connectivity index (χ3v) is 4.32. The second-order valence-corrected chi connectivity index (χ2v) is 6.38. The number of nitrogens with one attached hydrogen (secondary N) is 1. The van der Waals surface area contributed by atoms with Crippen LogP contribution in [-0.4, -0.2) is 11.5 Å². The molecule has 6 nitrogen and oxygen atoms in total. The van der Waals surface area contributed by atoms with Crippen molar-refractivity contribution in [1.82, 2.24) is 0 Å². The van der Waals surface area contributed by atoms with Gasteiger partial charge in [0.15, 0.2) is 0 Å². The van der Waals surface area contributed by atoms with Gasteiger partial charge in [0, 0.05) is 29.9 Å². The number of nitrogens with zero attached hydrogens (tertiary/aromatic N) is 1.